The van der Waals surface area contributed by atoms with Gasteiger partial charge in [-0.1, -0.05) is 11.8 Å². The lowest BCUT2D eigenvalue weighted by atomic mass is 10.2. The molecule has 4 nitrogen and oxygen atoms in total. The van der Waals surface area contributed by atoms with Crippen LogP contribution in [0.3, 0.4) is 0 Å². The smallest absolute Gasteiger partial charge is 0.338 e. The van der Waals surface area contributed by atoms with Gasteiger partial charge in [-0.25, -0.2) is 9.78 Å². The van der Waals surface area contributed by atoms with E-state index in [0.29, 0.717) is 10.6 Å². The molecule has 0 saturated heterocycles. The van der Waals surface area contributed by atoms with Crippen molar-refractivity contribution < 1.29 is 9.90 Å². The number of carboxylic acid groups (broad SMARTS) is 1. The number of aromatic carboxylic acids is 1. The summed E-state index contributed by atoms with van der Waals surface area (Å²) in [5.74, 6) is -0.957. The zero-order valence-electron chi connectivity index (χ0n) is 11.9. The number of hydrogen-bond donors (Lipinski definition) is 1. The Morgan fingerprint density at radius 2 is 1.70 bits per heavy atom. The van der Waals surface area contributed by atoms with Gasteiger partial charge in [-0.2, -0.15) is 0 Å². The molecule has 0 saturated carbocycles. The first-order chi connectivity index (χ1) is 9.36. The molecule has 20 heavy (non-hydrogen) atoms. The van der Waals surface area contributed by atoms with Crippen LogP contribution in [0.4, 0.5) is 0 Å². The summed E-state index contributed by atoms with van der Waals surface area (Å²) in [7, 11) is 0. The van der Waals surface area contributed by atoms with Crippen LogP contribution in [0.15, 0.2) is 28.1 Å². The summed E-state index contributed by atoms with van der Waals surface area (Å²) in [4.78, 5) is 20.7. The molecule has 0 bridgehead atoms. The SMILES string of the molecule is Cc1cc(C)nc(Sc2cc(C)nc(C)c2C(=O)O)c1. The van der Waals surface area contributed by atoms with Gasteiger partial charge in [0.15, 0.2) is 0 Å². The van der Waals surface area contributed by atoms with Crippen LogP contribution < -0.4 is 0 Å². The van der Waals surface area contributed by atoms with E-state index in [1.54, 1.807) is 13.0 Å². The zero-order valence-corrected chi connectivity index (χ0v) is 12.7. The molecule has 0 aliphatic rings. The fraction of sp³-hybridized carbons (Fsp3) is 0.267. The van der Waals surface area contributed by atoms with Gasteiger partial charge in [0, 0.05) is 16.3 Å². The Bertz CT molecular complexity index is 664. The van der Waals surface area contributed by atoms with Crippen molar-refractivity contribution in [1.82, 2.24) is 9.97 Å². The van der Waals surface area contributed by atoms with Crippen molar-refractivity contribution in [3.8, 4) is 0 Å². The average Bonchev–Trinajstić information content (AvgIpc) is 2.25. The minimum atomic E-state index is -0.957. The molecule has 0 unspecified atom stereocenters. The van der Waals surface area contributed by atoms with E-state index in [9.17, 15) is 9.90 Å². The Balaban J connectivity index is 2.49. The van der Waals surface area contributed by atoms with E-state index in [-0.39, 0.29) is 5.56 Å². The second-order valence-electron chi connectivity index (χ2n) is 4.75. The van der Waals surface area contributed by atoms with Gasteiger partial charge < -0.3 is 5.11 Å². The highest BCUT2D eigenvalue weighted by Crippen LogP contribution is 2.31. The van der Waals surface area contributed by atoms with Crippen molar-refractivity contribution in [1.29, 1.82) is 0 Å². The minimum absolute atomic E-state index is 0.251. The van der Waals surface area contributed by atoms with Crippen molar-refractivity contribution in [2.75, 3.05) is 0 Å². The molecule has 0 fully saturated rings. The molecule has 0 aliphatic heterocycles. The monoisotopic (exact) mass is 288 g/mol. The maximum absolute atomic E-state index is 11.4. The lowest BCUT2D eigenvalue weighted by Crippen LogP contribution is -2.05. The maximum Gasteiger partial charge on any atom is 0.338 e. The van der Waals surface area contributed by atoms with E-state index in [1.807, 2.05) is 32.9 Å². The molecule has 0 amide bonds. The van der Waals surface area contributed by atoms with Crippen LogP contribution >= 0.6 is 11.8 Å². The predicted octanol–water partition coefficient (Wildman–Crippen LogP) is 3.56. The van der Waals surface area contributed by atoms with Crippen molar-refractivity contribution >= 4 is 17.7 Å². The molecule has 0 spiro atoms. The number of nitrogens with zero attached hydrogens (tertiary/aromatic N) is 2. The molecular formula is C15H16N2O2S. The number of pyridine rings is 2. The minimum Gasteiger partial charge on any atom is -0.478 e. The molecule has 5 heteroatoms. The van der Waals surface area contributed by atoms with E-state index in [0.717, 1.165) is 22.0 Å². The largest absolute Gasteiger partial charge is 0.478 e. The van der Waals surface area contributed by atoms with Crippen LogP contribution in [-0.4, -0.2) is 21.0 Å². The molecule has 0 aliphatic carbocycles. The van der Waals surface area contributed by atoms with Crippen molar-refractivity contribution in [3.05, 3.63) is 46.4 Å². The van der Waals surface area contributed by atoms with Gasteiger partial charge in [0.2, 0.25) is 0 Å². The number of carboxylic acids is 1. The Labute approximate surface area is 122 Å². The Morgan fingerprint density at radius 1 is 1.05 bits per heavy atom. The molecule has 1 N–H and O–H groups in total. The Hall–Kier alpha value is -1.88. The van der Waals surface area contributed by atoms with Gasteiger partial charge in [-0.05, 0) is 51.5 Å². The van der Waals surface area contributed by atoms with E-state index < -0.39 is 5.97 Å². The highest BCUT2D eigenvalue weighted by atomic mass is 32.2. The summed E-state index contributed by atoms with van der Waals surface area (Å²) >= 11 is 1.37. The first-order valence-corrected chi connectivity index (χ1v) is 7.03. The van der Waals surface area contributed by atoms with Gasteiger partial charge >= 0.3 is 5.97 Å². The molecule has 0 aromatic carbocycles. The maximum atomic E-state index is 11.4. The predicted molar refractivity (Wildman–Crippen MR) is 78.5 cm³/mol. The summed E-state index contributed by atoms with van der Waals surface area (Å²) in [6.07, 6.45) is 0. The van der Waals surface area contributed by atoms with Gasteiger partial charge in [-0.15, -0.1) is 0 Å². The second kappa shape index (κ2) is 5.63. The van der Waals surface area contributed by atoms with Gasteiger partial charge in [0.1, 0.15) is 5.03 Å². The lowest BCUT2D eigenvalue weighted by molar-refractivity contribution is 0.0691. The van der Waals surface area contributed by atoms with Gasteiger partial charge in [-0.3, -0.25) is 4.98 Å². The van der Waals surface area contributed by atoms with Crippen LogP contribution in [0, 0.1) is 27.7 Å². The van der Waals surface area contributed by atoms with Crippen LogP contribution in [0.25, 0.3) is 0 Å². The summed E-state index contributed by atoms with van der Waals surface area (Å²) in [6.45, 7) is 7.51. The molecule has 2 rings (SSSR count). The van der Waals surface area contributed by atoms with Crippen molar-refractivity contribution in [3.63, 3.8) is 0 Å². The summed E-state index contributed by atoms with van der Waals surface area (Å²) in [5, 5.41) is 10.2. The standard InChI is InChI=1S/C15H16N2O2S/c1-8-5-9(2)17-13(6-8)20-12-7-10(3)16-11(4)14(12)15(18)19/h5-7H,1-4H3,(H,18,19). The first kappa shape index (κ1) is 14.5. The highest BCUT2D eigenvalue weighted by Gasteiger charge is 2.17. The fourth-order valence-corrected chi connectivity index (χ4v) is 3.33. The number of aromatic nitrogens is 2. The zero-order chi connectivity index (χ0) is 14.9. The van der Waals surface area contributed by atoms with Crippen molar-refractivity contribution in [2.24, 2.45) is 0 Å². The highest BCUT2D eigenvalue weighted by molar-refractivity contribution is 7.99. The topological polar surface area (TPSA) is 63.1 Å². The number of rotatable bonds is 3. The first-order valence-electron chi connectivity index (χ1n) is 6.21. The normalized spacial score (nSPS) is 10.6. The summed E-state index contributed by atoms with van der Waals surface area (Å²) in [6, 6.07) is 5.74. The molecule has 0 atom stereocenters. The number of aryl methyl sites for hydroxylation is 4. The lowest BCUT2D eigenvalue weighted by Gasteiger charge is -2.10. The fourth-order valence-electron chi connectivity index (χ4n) is 2.10. The second-order valence-corrected chi connectivity index (χ2v) is 5.82. The Morgan fingerprint density at radius 3 is 2.30 bits per heavy atom. The summed E-state index contributed by atoms with van der Waals surface area (Å²) < 4.78 is 0. The quantitative estimate of drug-likeness (QED) is 0.935. The van der Waals surface area contributed by atoms with E-state index in [1.165, 1.54) is 11.8 Å². The van der Waals surface area contributed by atoms with Gasteiger partial charge in [0.25, 0.3) is 0 Å². The van der Waals surface area contributed by atoms with Crippen molar-refractivity contribution in [2.45, 2.75) is 37.6 Å². The van der Waals surface area contributed by atoms with Crippen LogP contribution in [0.5, 0.6) is 0 Å². The van der Waals surface area contributed by atoms with E-state index in [4.69, 9.17) is 0 Å². The van der Waals surface area contributed by atoms with Gasteiger partial charge in [0.05, 0.1) is 11.3 Å². The third-order valence-corrected chi connectivity index (χ3v) is 3.76. The van der Waals surface area contributed by atoms with E-state index >= 15 is 0 Å². The molecule has 2 aromatic rings. The van der Waals surface area contributed by atoms with Crippen LogP contribution in [0.2, 0.25) is 0 Å². The van der Waals surface area contributed by atoms with E-state index in [2.05, 4.69) is 9.97 Å². The molecule has 2 heterocycles. The number of hydrogen-bond acceptors (Lipinski definition) is 4. The van der Waals surface area contributed by atoms with Crippen LogP contribution in [0.1, 0.15) is 33.0 Å². The molecule has 0 radical (unpaired) electrons. The Kier molecular flexibility index (Phi) is 4.09. The molecule has 104 valence electrons. The summed E-state index contributed by atoms with van der Waals surface area (Å²) in [5.41, 5.74) is 3.62. The third-order valence-electron chi connectivity index (χ3n) is 2.79. The van der Waals surface area contributed by atoms with Crippen LogP contribution in [-0.2, 0) is 0 Å². The average molecular weight is 288 g/mol. The molecular weight excluding hydrogens is 272 g/mol. The molecule has 2 aromatic heterocycles. The third kappa shape index (κ3) is 3.17. The number of carbonyl (C=O) groups is 1.